The Morgan fingerprint density at radius 2 is 2.00 bits per heavy atom. The standard InChI is InChI=1S/C12H15NO3/c1-8(13(14)15)7-11-5-6-12(16-4)10(3)9(11)2/h5-7H,1-4H3. The van der Waals surface area contributed by atoms with E-state index in [-0.39, 0.29) is 10.6 Å². The number of benzene rings is 1. The predicted octanol–water partition coefficient (Wildman–Crippen LogP) is 2.95. The molecule has 0 radical (unpaired) electrons. The molecule has 1 aromatic rings. The molecule has 86 valence electrons. The Bertz CT molecular complexity index is 450. The third kappa shape index (κ3) is 2.39. The van der Waals surface area contributed by atoms with Gasteiger partial charge in [0.1, 0.15) is 5.75 Å². The number of allylic oxidation sites excluding steroid dienone is 1. The summed E-state index contributed by atoms with van der Waals surface area (Å²) in [6.07, 6.45) is 1.57. The fourth-order valence-corrected chi connectivity index (χ4v) is 1.47. The van der Waals surface area contributed by atoms with Crippen LogP contribution in [0.1, 0.15) is 23.6 Å². The van der Waals surface area contributed by atoms with Crippen LogP contribution in [0.5, 0.6) is 5.75 Å². The van der Waals surface area contributed by atoms with Gasteiger partial charge in [0.15, 0.2) is 0 Å². The van der Waals surface area contributed by atoms with E-state index in [9.17, 15) is 10.1 Å². The van der Waals surface area contributed by atoms with Crippen molar-refractivity contribution in [3.05, 3.63) is 44.6 Å². The van der Waals surface area contributed by atoms with Crippen LogP contribution in [-0.2, 0) is 0 Å². The summed E-state index contributed by atoms with van der Waals surface area (Å²) >= 11 is 0. The maximum atomic E-state index is 10.5. The monoisotopic (exact) mass is 221 g/mol. The van der Waals surface area contributed by atoms with E-state index in [1.807, 2.05) is 26.0 Å². The van der Waals surface area contributed by atoms with E-state index in [4.69, 9.17) is 4.74 Å². The van der Waals surface area contributed by atoms with Gasteiger partial charge in [-0.2, -0.15) is 0 Å². The van der Waals surface area contributed by atoms with Crippen molar-refractivity contribution in [2.45, 2.75) is 20.8 Å². The fraction of sp³-hybridized carbons (Fsp3) is 0.333. The third-order valence-corrected chi connectivity index (χ3v) is 2.65. The number of ether oxygens (including phenoxy) is 1. The zero-order valence-corrected chi connectivity index (χ0v) is 9.90. The van der Waals surface area contributed by atoms with E-state index in [1.54, 1.807) is 13.2 Å². The molecule has 1 rings (SSSR count). The Hall–Kier alpha value is -1.84. The third-order valence-electron chi connectivity index (χ3n) is 2.65. The molecular formula is C12H15NO3. The molecule has 0 unspecified atom stereocenters. The number of nitrogens with zero attached hydrogens (tertiary/aromatic N) is 1. The molecule has 4 heteroatoms. The predicted molar refractivity (Wildman–Crippen MR) is 63.1 cm³/mol. The first-order chi connectivity index (χ1) is 7.47. The number of hydrogen-bond acceptors (Lipinski definition) is 3. The highest BCUT2D eigenvalue weighted by molar-refractivity contribution is 5.59. The molecule has 0 saturated heterocycles. The van der Waals surface area contributed by atoms with Crippen LogP contribution in [0, 0.1) is 24.0 Å². The molecule has 0 fully saturated rings. The first-order valence-electron chi connectivity index (χ1n) is 4.94. The van der Waals surface area contributed by atoms with Crippen molar-refractivity contribution in [3.63, 3.8) is 0 Å². The first-order valence-corrected chi connectivity index (χ1v) is 4.94. The molecule has 0 aliphatic rings. The molecule has 1 aromatic carbocycles. The molecule has 0 saturated carbocycles. The molecule has 0 amide bonds. The maximum absolute atomic E-state index is 10.5. The molecular weight excluding hydrogens is 206 g/mol. The molecule has 16 heavy (non-hydrogen) atoms. The summed E-state index contributed by atoms with van der Waals surface area (Å²) in [5.74, 6) is 0.799. The molecule has 0 aromatic heterocycles. The molecule has 4 nitrogen and oxygen atoms in total. The molecule has 0 aliphatic carbocycles. The van der Waals surface area contributed by atoms with Gasteiger partial charge in [-0.1, -0.05) is 6.07 Å². The Labute approximate surface area is 94.7 Å². The van der Waals surface area contributed by atoms with Gasteiger partial charge in [0, 0.05) is 13.0 Å². The van der Waals surface area contributed by atoms with E-state index < -0.39 is 0 Å². The lowest BCUT2D eigenvalue weighted by Crippen LogP contribution is -1.96. The molecule has 0 atom stereocenters. The normalized spacial score (nSPS) is 11.4. The van der Waals surface area contributed by atoms with Crippen molar-refractivity contribution >= 4 is 6.08 Å². The topological polar surface area (TPSA) is 52.4 Å². The van der Waals surface area contributed by atoms with Crippen LogP contribution in [-0.4, -0.2) is 12.0 Å². The lowest BCUT2D eigenvalue weighted by molar-refractivity contribution is -0.422. The smallest absolute Gasteiger partial charge is 0.243 e. The highest BCUT2D eigenvalue weighted by Crippen LogP contribution is 2.25. The highest BCUT2D eigenvalue weighted by Gasteiger charge is 2.08. The van der Waals surface area contributed by atoms with Crippen LogP contribution in [0.3, 0.4) is 0 Å². The van der Waals surface area contributed by atoms with Gasteiger partial charge in [-0.15, -0.1) is 0 Å². The highest BCUT2D eigenvalue weighted by atomic mass is 16.6. The SMILES string of the molecule is COc1ccc(C=C(C)[N+](=O)[O-])c(C)c1C. The summed E-state index contributed by atoms with van der Waals surface area (Å²) in [5, 5.41) is 10.5. The van der Waals surface area contributed by atoms with Gasteiger partial charge in [-0.25, -0.2) is 0 Å². The van der Waals surface area contributed by atoms with Crippen molar-refractivity contribution in [2.75, 3.05) is 7.11 Å². The molecule has 0 aliphatic heterocycles. The van der Waals surface area contributed by atoms with E-state index >= 15 is 0 Å². The zero-order chi connectivity index (χ0) is 12.3. The average Bonchev–Trinajstić information content (AvgIpc) is 2.25. The molecule has 0 heterocycles. The Morgan fingerprint density at radius 1 is 1.38 bits per heavy atom. The van der Waals surface area contributed by atoms with Gasteiger partial charge in [0.25, 0.3) is 0 Å². The number of hydrogen-bond donors (Lipinski definition) is 0. The van der Waals surface area contributed by atoms with Crippen molar-refractivity contribution < 1.29 is 9.66 Å². The minimum Gasteiger partial charge on any atom is -0.496 e. The van der Waals surface area contributed by atoms with Gasteiger partial charge in [0.05, 0.1) is 12.0 Å². The minimum atomic E-state index is -0.390. The molecule has 0 bridgehead atoms. The quantitative estimate of drug-likeness (QED) is 0.582. The number of rotatable bonds is 3. The summed E-state index contributed by atoms with van der Waals surface area (Å²) in [7, 11) is 1.61. The second kappa shape index (κ2) is 4.79. The van der Waals surface area contributed by atoms with E-state index in [2.05, 4.69) is 0 Å². The Morgan fingerprint density at radius 3 is 2.50 bits per heavy atom. The lowest BCUT2D eigenvalue weighted by Gasteiger charge is -2.09. The second-order valence-electron chi connectivity index (χ2n) is 3.65. The van der Waals surface area contributed by atoms with E-state index in [0.29, 0.717) is 0 Å². The summed E-state index contributed by atoms with van der Waals surface area (Å²) in [6.45, 7) is 5.35. The molecule has 0 spiro atoms. The van der Waals surface area contributed by atoms with Gasteiger partial charge >= 0.3 is 0 Å². The number of methoxy groups -OCH3 is 1. The largest absolute Gasteiger partial charge is 0.496 e. The van der Waals surface area contributed by atoms with Crippen LogP contribution < -0.4 is 4.74 Å². The summed E-state index contributed by atoms with van der Waals surface area (Å²) in [6, 6.07) is 3.65. The maximum Gasteiger partial charge on any atom is 0.243 e. The Kier molecular flexibility index (Phi) is 3.66. The molecule has 0 N–H and O–H groups in total. The lowest BCUT2D eigenvalue weighted by atomic mass is 10.0. The minimum absolute atomic E-state index is 0.132. The summed E-state index contributed by atoms with van der Waals surface area (Å²) in [4.78, 5) is 10.1. The average molecular weight is 221 g/mol. The van der Waals surface area contributed by atoms with E-state index in [1.165, 1.54) is 6.92 Å². The van der Waals surface area contributed by atoms with Crippen LogP contribution in [0.4, 0.5) is 0 Å². The van der Waals surface area contributed by atoms with Crippen molar-refractivity contribution in [2.24, 2.45) is 0 Å². The number of nitro groups is 1. The summed E-state index contributed by atoms with van der Waals surface area (Å²) in [5.41, 5.74) is 2.99. The second-order valence-corrected chi connectivity index (χ2v) is 3.65. The van der Waals surface area contributed by atoms with Gasteiger partial charge < -0.3 is 4.74 Å². The van der Waals surface area contributed by atoms with Crippen LogP contribution >= 0.6 is 0 Å². The van der Waals surface area contributed by atoms with Crippen LogP contribution in [0.2, 0.25) is 0 Å². The first kappa shape index (κ1) is 12.2. The Balaban J connectivity index is 3.23. The van der Waals surface area contributed by atoms with Crippen molar-refractivity contribution in [1.82, 2.24) is 0 Å². The van der Waals surface area contributed by atoms with Gasteiger partial charge in [0.2, 0.25) is 5.70 Å². The zero-order valence-electron chi connectivity index (χ0n) is 9.90. The van der Waals surface area contributed by atoms with E-state index in [0.717, 1.165) is 22.4 Å². The van der Waals surface area contributed by atoms with Gasteiger partial charge in [-0.05, 0) is 36.6 Å². The van der Waals surface area contributed by atoms with Crippen LogP contribution in [0.25, 0.3) is 6.08 Å². The fourth-order valence-electron chi connectivity index (χ4n) is 1.47. The van der Waals surface area contributed by atoms with Crippen molar-refractivity contribution in [1.29, 1.82) is 0 Å². The van der Waals surface area contributed by atoms with Crippen molar-refractivity contribution in [3.8, 4) is 5.75 Å². The van der Waals surface area contributed by atoms with Crippen LogP contribution in [0.15, 0.2) is 17.8 Å². The van der Waals surface area contributed by atoms with Gasteiger partial charge in [-0.3, -0.25) is 10.1 Å². The summed E-state index contributed by atoms with van der Waals surface area (Å²) < 4.78 is 5.18.